The van der Waals surface area contributed by atoms with Crippen LogP contribution in [0.3, 0.4) is 0 Å². The van der Waals surface area contributed by atoms with Crippen molar-refractivity contribution < 1.29 is 29.1 Å². The van der Waals surface area contributed by atoms with Crippen LogP contribution in [0.25, 0.3) is 0 Å². The van der Waals surface area contributed by atoms with Crippen molar-refractivity contribution in [2.24, 2.45) is 40.9 Å². The first-order valence-electron chi connectivity index (χ1n) is 15.3. The molecule has 0 aromatic heterocycles. The summed E-state index contributed by atoms with van der Waals surface area (Å²) in [6, 6.07) is -1.17. The van der Waals surface area contributed by atoms with Crippen LogP contribution in [0.2, 0.25) is 0 Å². The van der Waals surface area contributed by atoms with Gasteiger partial charge in [-0.2, -0.15) is 5.06 Å². The molecular weight excluding hydrogens is 508 g/mol. The van der Waals surface area contributed by atoms with Gasteiger partial charge in [-0.05, 0) is 90.4 Å². The van der Waals surface area contributed by atoms with Gasteiger partial charge in [0.15, 0.2) is 11.8 Å². The summed E-state index contributed by atoms with van der Waals surface area (Å²) in [5.74, 6) is -1.65. The Labute approximate surface area is 240 Å². The smallest absolute Gasteiger partial charge is 0.330 e. The van der Waals surface area contributed by atoms with Crippen molar-refractivity contribution in [3.63, 3.8) is 0 Å². The van der Waals surface area contributed by atoms with Crippen LogP contribution in [0.4, 0.5) is 0 Å². The van der Waals surface area contributed by atoms with Gasteiger partial charge in [0, 0.05) is 29.5 Å². The van der Waals surface area contributed by atoms with Gasteiger partial charge >= 0.3 is 5.97 Å². The van der Waals surface area contributed by atoms with E-state index in [-0.39, 0.29) is 28.7 Å². The second-order valence-corrected chi connectivity index (χ2v) is 14.6. The number of methoxy groups -OCH3 is 1. The first-order chi connectivity index (χ1) is 18.6. The van der Waals surface area contributed by atoms with Gasteiger partial charge in [-0.1, -0.05) is 32.4 Å². The van der Waals surface area contributed by atoms with Crippen LogP contribution in [0.5, 0.6) is 0 Å². The zero-order valence-corrected chi connectivity index (χ0v) is 26.1. The Bertz CT molecular complexity index is 1010. The van der Waals surface area contributed by atoms with Crippen LogP contribution >= 0.6 is 0 Å². The number of amides is 1. The molecule has 8 nitrogen and oxygen atoms in total. The molecule has 1 unspecified atom stereocenters. The first kappa shape index (κ1) is 31.2. The quantitative estimate of drug-likeness (QED) is 0.280. The molecule has 1 aliphatic heterocycles. The highest BCUT2D eigenvalue weighted by atomic mass is 16.7. The average Bonchev–Trinajstić information content (AvgIpc) is 3.12. The molecule has 0 bridgehead atoms. The molecule has 9 atom stereocenters. The Morgan fingerprint density at radius 3 is 2.33 bits per heavy atom. The fourth-order valence-corrected chi connectivity index (χ4v) is 8.89. The van der Waals surface area contributed by atoms with E-state index in [1.54, 1.807) is 0 Å². The summed E-state index contributed by atoms with van der Waals surface area (Å²) in [4.78, 5) is 49.4. The minimum absolute atomic E-state index is 0.0533. The van der Waals surface area contributed by atoms with E-state index < -0.39 is 47.9 Å². The highest BCUT2D eigenvalue weighted by Gasteiger charge is 2.66. The fourth-order valence-electron chi connectivity index (χ4n) is 8.89. The van der Waals surface area contributed by atoms with Gasteiger partial charge < -0.3 is 14.7 Å². The van der Waals surface area contributed by atoms with E-state index in [9.17, 15) is 19.5 Å². The lowest BCUT2D eigenvalue weighted by Gasteiger charge is -2.53. The van der Waals surface area contributed by atoms with E-state index in [1.807, 2.05) is 6.92 Å². The van der Waals surface area contributed by atoms with Crippen molar-refractivity contribution >= 4 is 17.7 Å². The SMILES string of the molecule is COC(=O)[C@@H](CO)N(C)C(=O)[C@@H]1C(=O)[C@@]2(C)[C@H](C=C[C@H]3C[C@@H](C)CC[C@@H]32)[C@H]1C(C)ON1C(C)(C)CCCC1(C)C. The second-order valence-electron chi connectivity index (χ2n) is 14.6. The number of ketones is 1. The number of hydrogen-bond acceptors (Lipinski definition) is 7. The lowest BCUT2D eigenvalue weighted by Crippen LogP contribution is -2.60. The lowest BCUT2D eigenvalue weighted by atomic mass is 9.55. The predicted molar refractivity (Wildman–Crippen MR) is 153 cm³/mol. The zero-order chi connectivity index (χ0) is 29.8. The van der Waals surface area contributed by atoms with E-state index in [1.165, 1.54) is 19.1 Å². The predicted octanol–water partition coefficient (Wildman–Crippen LogP) is 4.40. The van der Waals surface area contributed by atoms with Crippen LogP contribution in [-0.4, -0.2) is 76.7 Å². The molecule has 4 aliphatic rings. The van der Waals surface area contributed by atoms with Crippen molar-refractivity contribution in [2.45, 2.75) is 110 Å². The maximum Gasteiger partial charge on any atom is 0.330 e. The Hall–Kier alpha value is -1.77. The van der Waals surface area contributed by atoms with Gasteiger partial charge in [0.25, 0.3) is 0 Å². The molecule has 3 fully saturated rings. The molecule has 226 valence electrons. The highest BCUT2D eigenvalue weighted by molar-refractivity contribution is 6.07. The Morgan fingerprint density at radius 1 is 1.12 bits per heavy atom. The molecule has 40 heavy (non-hydrogen) atoms. The molecule has 1 N–H and O–H groups in total. The number of likely N-dealkylation sites (N-methyl/N-ethyl adjacent to an activating group) is 1. The molecule has 0 radical (unpaired) electrons. The summed E-state index contributed by atoms with van der Waals surface area (Å²) in [6.45, 7) is 14.5. The largest absolute Gasteiger partial charge is 0.467 e. The van der Waals surface area contributed by atoms with Gasteiger partial charge in [-0.25, -0.2) is 4.79 Å². The van der Waals surface area contributed by atoms with Gasteiger partial charge in [0.2, 0.25) is 5.91 Å². The summed E-state index contributed by atoms with van der Waals surface area (Å²) < 4.78 is 4.86. The zero-order valence-electron chi connectivity index (χ0n) is 26.1. The summed E-state index contributed by atoms with van der Waals surface area (Å²) >= 11 is 0. The number of hydrogen-bond donors (Lipinski definition) is 1. The molecule has 1 amide bonds. The molecule has 0 aromatic carbocycles. The number of fused-ring (bicyclic) bond motifs is 3. The third-order valence-electron chi connectivity index (χ3n) is 11.0. The number of aliphatic hydroxyl groups excluding tert-OH is 1. The minimum atomic E-state index is -1.17. The minimum Gasteiger partial charge on any atom is -0.467 e. The molecule has 0 spiro atoms. The van der Waals surface area contributed by atoms with Gasteiger partial charge in [0.1, 0.15) is 5.92 Å². The first-order valence-corrected chi connectivity index (χ1v) is 15.3. The maximum absolute atomic E-state index is 14.6. The fraction of sp³-hybridized carbons (Fsp3) is 0.844. The third kappa shape index (κ3) is 5.06. The van der Waals surface area contributed by atoms with E-state index in [4.69, 9.17) is 9.57 Å². The van der Waals surface area contributed by atoms with Crippen LogP contribution in [0.15, 0.2) is 12.2 Å². The number of allylic oxidation sites excluding steroid dienone is 2. The standard InChI is InChI=1S/C32H52N2O6/c1-19-11-13-22-21(17-19)12-14-23-25(20(2)40-34-30(3,4)15-10-16-31(34,5)6)26(27(36)32(22,23)7)28(37)33(8)24(18-35)29(38)39-9/h12,14,19-26,35H,10-11,13,15-18H2,1-9H3/t19-,20?,21-,22-,23+,24+,25+,26-,32+/m0/s1. The van der Waals surface area contributed by atoms with Crippen LogP contribution < -0.4 is 0 Å². The summed E-state index contributed by atoms with van der Waals surface area (Å²) in [7, 11) is 2.72. The summed E-state index contributed by atoms with van der Waals surface area (Å²) in [6.07, 6.45) is 10.3. The molecule has 0 aromatic rings. The highest BCUT2D eigenvalue weighted by Crippen LogP contribution is 2.61. The van der Waals surface area contributed by atoms with Gasteiger partial charge in [0.05, 0.1) is 19.8 Å². The van der Waals surface area contributed by atoms with Crippen molar-refractivity contribution in [1.29, 1.82) is 0 Å². The van der Waals surface area contributed by atoms with Crippen LogP contribution in [0.1, 0.15) is 87.0 Å². The molecule has 2 saturated carbocycles. The van der Waals surface area contributed by atoms with Gasteiger partial charge in [-0.15, -0.1) is 0 Å². The van der Waals surface area contributed by atoms with E-state index in [2.05, 4.69) is 58.8 Å². The van der Waals surface area contributed by atoms with E-state index in [0.717, 1.165) is 38.5 Å². The Kier molecular flexibility index (Phi) is 8.68. The maximum atomic E-state index is 14.6. The number of aliphatic hydroxyl groups is 1. The van der Waals surface area contributed by atoms with Crippen molar-refractivity contribution in [2.75, 3.05) is 20.8 Å². The van der Waals surface area contributed by atoms with Crippen LogP contribution in [-0.2, 0) is 24.0 Å². The number of carbonyl (C=O) groups is 3. The number of ether oxygens (including phenoxy) is 1. The molecular formula is C32H52N2O6. The second kappa shape index (κ2) is 11.1. The number of Topliss-reactive ketones (excluding diaryl/α,β-unsaturated/α-hetero) is 1. The number of hydroxylamine groups is 2. The molecule has 1 saturated heterocycles. The third-order valence-corrected chi connectivity index (χ3v) is 11.0. The van der Waals surface area contributed by atoms with Crippen molar-refractivity contribution in [3.8, 4) is 0 Å². The number of esters is 1. The summed E-state index contributed by atoms with van der Waals surface area (Å²) in [5.41, 5.74) is -1.09. The average molecular weight is 561 g/mol. The van der Waals surface area contributed by atoms with E-state index >= 15 is 0 Å². The molecule has 8 heteroatoms. The monoisotopic (exact) mass is 560 g/mol. The number of carbonyl (C=O) groups excluding carboxylic acids is 3. The van der Waals surface area contributed by atoms with Crippen molar-refractivity contribution in [3.05, 3.63) is 12.2 Å². The molecule has 1 heterocycles. The number of rotatable bonds is 7. The number of nitrogens with zero attached hydrogens (tertiary/aromatic N) is 2. The Morgan fingerprint density at radius 2 is 1.75 bits per heavy atom. The topological polar surface area (TPSA) is 96.4 Å². The number of piperidine rings is 1. The molecule has 3 aliphatic carbocycles. The van der Waals surface area contributed by atoms with E-state index in [0.29, 0.717) is 11.8 Å². The molecule has 4 rings (SSSR count). The van der Waals surface area contributed by atoms with Crippen molar-refractivity contribution in [1.82, 2.24) is 9.96 Å². The van der Waals surface area contributed by atoms with Crippen LogP contribution in [0, 0.1) is 40.9 Å². The normalized spacial score (nSPS) is 38.2. The van der Waals surface area contributed by atoms with Gasteiger partial charge in [-0.3, -0.25) is 14.4 Å². The lowest BCUT2D eigenvalue weighted by molar-refractivity contribution is -0.312. The summed E-state index contributed by atoms with van der Waals surface area (Å²) in [5, 5.41) is 12.1. The Balaban J connectivity index is 1.76.